The van der Waals surface area contributed by atoms with Crippen molar-refractivity contribution in [1.82, 2.24) is 24.3 Å². The predicted molar refractivity (Wildman–Crippen MR) is 119 cm³/mol. The number of benzene rings is 1. The lowest BCUT2D eigenvalue weighted by Gasteiger charge is -2.10. The van der Waals surface area contributed by atoms with Crippen molar-refractivity contribution in [2.45, 2.75) is 25.5 Å². The van der Waals surface area contributed by atoms with E-state index in [1.165, 1.54) is 11.8 Å². The second kappa shape index (κ2) is 8.67. The number of aromatic nitrogens is 5. The first-order chi connectivity index (χ1) is 14.5. The number of carbonyl (C=O) groups excluding carboxylic acids is 1. The third-order valence-corrected chi connectivity index (χ3v) is 6.21. The van der Waals surface area contributed by atoms with E-state index in [0.717, 1.165) is 39.1 Å². The van der Waals surface area contributed by atoms with Gasteiger partial charge in [-0.3, -0.25) is 14.3 Å². The molecular formula is C23H23N5OS. The molecule has 4 rings (SSSR count). The van der Waals surface area contributed by atoms with Gasteiger partial charge in [-0.1, -0.05) is 42.1 Å². The highest BCUT2D eigenvalue weighted by Gasteiger charge is 2.19. The Morgan fingerprint density at radius 3 is 2.43 bits per heavy atom. The Morgan fingerprint density at radius 1 is 1.03 bits per heavy atom. The average molecular weight is 418 g/mol. The van der Waals surface area contributed by atoms with Gasteiger partial charge in [-0.05, 0) is 37.6 Å². The summed E-state index contributed by atoms with van der Waals surface area (Å²) < 4.78 is 4.10. The summed E-state index contributed by atoms with van der Waals surface area (Å²) >= 11 is 1.42. The van der Waals surface area contributed by atoms with Crippen LogP contribution in [0.1, 0.15) is 27.3 Å². The maximum Gasteiger partial charge on any atom is 0.192 e. The second-order valence-electron chi connectivity index (χ2n) is 7.17. The highest BCUT2D eigenvalue weighted by atomic mass is 32.2. The van der Waals surface area contributed by atoms with Crippen LogP contribution in [0.5, 0.6) is 0 Å². The number of aryl methyl sites for hydroxylation is 1. The first-order valence-electron chi connectivity index (χ1n) is 9.71. The number of pyridine rings is 1. The first-order valence-corrected chi connectivity index (χ1v) is 10.7. The second-order valence-corrected chi connectivity index (χ2v) is 8.11. The van der Waals surface area contributed by atoms with Crippen molar-refractivity contribution in [3.8, 4) is 11.4 Å². The number of Topliss-reactive ketones (excluding diaryl/α,β-unsaturated/α-hetero) is 1. The van der Waals surface area contributed by atoms with E-state index in [1.54, 1.807) is 12.4 Å². The lowest BCUT2D eigenvalue weighted by Crippen LogP contribution is -2.08. The van der Waals surface area contributed by atoms with Gasteiger partial charge >= 0.3 is 0 Å². The molecular weight excluding hydrogens is 394 g/mol. The molecule has 0 saturated carbocycles. The monoisotopic (exact) mass is 417 g/mol. The fourth-order valence-corrected chi connectivity index (χ4v) is 4.19. The molecule has 0 N–H and O–H groups in total. The fourth-order valence-electron chi connectivity index (χ4n) is 3.36. The van der Waals surface area contributed by atoms with Crippen molar-refractivity contribution < 1.29 is 4.79 Å². The number of thioether (sulfide) groups is 1. The van der Waals surface area contributed by atoms with Gasteiger partial charge in [-0.15, -0.1) is 10.2 Å². The first kappa shape index (κ1) is 20.1. The maximum atomic E-state index is 12.9. The molecule has 0 radical (unpaired) electrons. The van der Waals surface area contributed by atoms with Gasteiger partial charge in [0, 0.05) is 42.0 Å². The molecule has 0 aliphatic carbocycles. The molecule has 3 aromatic heterocycles. The number of nitrogens with zero attached hydrogens (tertiary/aromatic N) is 5. The molecule has 1 aromatic carbocycles. The van der Waals surface area contributed by atoms with Crippen molar-refractivity contribution in [2.24, 2.45) is 7.05 Å². The van der Waals surface area contributed by atoms with Crippen molar-refractivity contribution in [3.05, 3.63) is 83.4 Å². The molecule has 0 saturated heterocycles. The lowest BCUT2D eigenvalue weighted by molar-refractivity contribution is 0.102. The van der Waals surface area contributed by atoms with Gasteiger partial charge in [0.15, 0.2) is 16.8 Å². The summed E-state index contributed by atoms with van der Waals surface area (Å²) in [5.74, 6) is 1.18. The van der Waals surface area contributed by atoms with Gasteiger partial charge in [0.05, 0.1) is 12.3 Å². The summed E-state index contributed by atoms with van der Waals surface area (Å²) in [7, 11) is 1.98. The Hall–Kier alpha value is -3.19. The number of hydrogen-bond donors (Lipinski definition) is 0. The van der Waals surface area contributed by atoms with Crippen LogP contribution in [0.4, 0.5) is 0 Å². The predicted octanol–water partition coefficient (Wildman–Crippen LogP) is 4.32. The molecule has 0 spiro atoms. The zero-order valence-corrected chi connectivity index (χ0v) is 18.1. The number of hydrogen-bond acceptors (Lipinski definition) is 5. The van der Waals surface area contributed by atoms with E-state index in [2.05, 4.69) is 31.9 Å². The molecule has 0 unspecified atom stereocenters. The highest BCUT2D eigenvalue weighted by molar-refractivity contribution is 7.99. The van der Waals surface area contributed by atoms with Crippen molar-refractivity contribution in [1.29, 1.82) is 0 Å². The van der Waals surface area contributed by atoms with E-state index in [4.69, 9.17) is 0 Å². The highest BCUT2D eigenvalue weighted by Crippen LogP contribution is 2.26. The third-order valence-electron chi connectivity index (χ3n) is 5.25. The molecule has 30 heavy (non-hydrogen) atoms. The zero-order valence-electron chi connectivity index (χ0n) is 17.2. The van der Waals surface area contributed by atoms with Gasteiger partial charge in [-0.25, -0.2) is 0 Å². The van der Waals surface area contributed by atoms with Gasteiger partial charge in [-0.2, -0.15) is 0 Å². The van der Waals surface area contributed by atoms with E-state index >= 15 is 0 Å². The third kappa shape index (κ3) is 4.07. The van der Waals surface area contributed by atoms with Crippen LogP contribution < -0.4 is 0 Å². The van der Waals surface area contributed by atoms with E-state index in [1.807, 2.05) is 61.9 Å². The van der Waals surface area contributed by atoms with Gasteiger partial charge in [0.1, 0.15) is 0 Å². The molecule has 0 aliphatic heterocycles. The summed E-state index contributed by atoms with van der Waals surface area (Å²) in [5.41, 5.74) is 4.93. The Kier molecular flexibility index (Phi) is 5.81. The van der Waals surface area contributed by atoms with Crippen LogP contribution >= 0.6 is 11.8 Å². The van der Waals surface area contributed by atoms with Gasteiger partial charge < -0.3 is 4.57 Å². The molecule has 0 aliphatic rings. The van der Waals surface area contributed by atoms with Gasteiger partial charge in [0.25, 0.3) is 0 Å². The van der Waals surface area contributed by atoms with E-state index in [9.17, 15) is 4.79 Å². The Balaban J connectivity index is 1.61. The van der Waals surface area contributed by atoms with E-state index < -0.39 is 0 Å². The molecule has 4 aromatic rings. The van der Waals surface area contributed by atoms with Crippen molar-refractivity contribution in [3.63, 3.8) is 0 Å². The summed E-state index contributed by atoms with van der Waals surface area (Å²) in [4.78, 5) is 16.9. The molecule has 7 heteroatoms. The standard InChI is InChI=1S/C23H23N5OS/c1-16-13-20(17(2)27(16)3)21(29)15-30-23-26-25-22(19-9-11-24-12-10-19)28(23)14-18-7-5-4-6-8-18/h4-13H,14-15H2,1-3H3. The van der Waals surface area contributed by atoms with Crippen LogP contribution in [0.3, 0.4) is 0 Å². The maximum absolute atomic E-state index is 12.9. The molecule has 6 nitrogen and oxygen atoms in total. The van der Waals surface area contributed by atoms with E-state index in [-0.39, 0.29) is 5.78 Å². The quantitative estimate of drug-likeness (QED) is 0.331. The zero-order chi connectivity index (χ0) is 21.1. The van der Waals surface area contributed by atoms with Crippen LogP contribution in [-0.2, 0) is 13.6 Å². The molecule has 0 bridgehead atoms. The molecule has 0 fully saturated rings. The largest absolute Gasteiger partial charge is 0.351 e. The minimum absolute atomic E-state index is 0.0981. The summed E-state index contributed by atoms with van der Waals surface area (Å²) in [5, 5.41) is 9.54. The SMILES string of the molecule is Cc1cc(C(=O)CSc2nnc(-c3ccncc3)n2Cc2ccccc2)c(C)n1C. The summed E-state index contributed by atoms with van der Waals surface area (Å²) in [6.07, 6.45) is 3.49. The Labute approximate surface area is 180 Å². The number of rotatable bonds is 7. The smallest absolute Gasteiger partial charge is 0.192 e. The lowest BCUT2D eigenvalue weighted by atomic mass is 10.2. The minimum atomic E-state index is 0.0981. The van der Waals surface area contributed by atoms with Crippen LogP contribution in [0, 0.1) is 13.8 Å². The molecule has 0 amide bonds. The summed E-state index contributed by atoms with van der Waals surface area (Å²) in [6, 6.07) is 16.0. The van der Waals surface area contributed by atoms with Crippen LogP contribution in [0.25, 0.3) is 11.4 Å². The molecule has 0 atom stereocenters. The Bertz CT molecular complexity index is 1170. The number of carbonyl (C=O) groups is 1. The average Bonchev–Trinajstić information content (AvgIpc) is 3.29. The van der Waals surface area contributed by atoms with Gasteiger partial charge in [0.2, 0.25) is 0 Å². The van der Waals surface area contributed by atoms with Crippen molar-refractivity contribution in [2.75, 3.05) is 5.75 Å². The molecule has 152 valence electrons. The van der Waals surface area contributed by atoms with Crippen LogP contribution in [0.2, 0.25) is 0 Å². The molecule has 3 heterocycles. The summed E-state index contributed by atoms with van der Waals surface area (Å²) in [6.45, 7) is 4.62. The van der Waals surface area contributed by atoms with E-state index in [0.29, 0.717) is 12.3 Å². The fraction of sp³-hybridized carbons (Fsp3) is 0.217. The Morgan fingerprint density at radius 2 is 1.77 bits per heavy atom. The minimum Gasteiger partial charge on any atom is -0.351 e. The van der Waals surface area contributed by atoms with Crippen LogP contribution in [-0.4, -0.2) is 35.9 Å². The van der Waals surface area contributed by atoms with Crippen LogP contribution in [0.15, 0.2) is 66.1 Å². The topological polar surface area (TPSA) is 65.6 Å². The van der Waals surface area contributed by atoms with Crippen molar-refractivity contribution >= 4 is 17.5 Å². The number of ketones is 1. The normalized spacial score (nSPS) is 11.0.